The van der Waals surface area contributed by atoms with E-state index in [1.807, 2.05) is 0 Å². The van der Waals surface area contributed by atoms with Crippen LogP contribution in [0.5, 0.6) is 0 Å². The predicted octanol–water partition coefficient (Wildman–Crippen LogP) is 3.40. The number of carboxylic acid groups (broad SMARTS) is 1. The summed E-state index contributed by atoms with van der Waals surface area (Å²) in [6.07, 6.45) is 0.443. The first-order valence-electron chi connectivity index (χ1n) is 9.45. The van der Waals surface area contributed by atoms with Crippen molar-refractivity contribution < 1.29 is 23.1 Å². The van der Waals surface area contributed by atoms with Gasteiger partial charge in [-0.1, -0.05) is 53.5 Å². The molecular formula is C20H21Cl2N3O5S. The summed E-state index contributed by atoms with van der Waals surface area (Å²) in [7, 11) is -4.14. The van der Waals surface area contributed by atoms with Crippen molar-refractivity contribution in [3.63, 3.8) is 0 Å². The lowest BCUT2D eigenvalue weighted by Gasteiger charge is -2.31. The quantitative estimate of drug-likeness (QED) is 0.651. The molecule has 166 valence electrons. The Bertz CT molecular complexity index is 1060. The average molecular weight is 486 g/mol. The largest absolute Gasteiger partial charge is 0.480 e. The van der Waals surface area contributed by atoms with Gasteiger partial charge in [-0.15, -0.1) is 4.41 Å². The van der Waals surface area contributed by atoms with Crippen LogP contribution < -0.4 is 5.32 Å². The van der Waals surface area contributed by atoms with Crippen molar-refractivity contribution in [2.24, 2.45) is 0 Å². The summed E-state index contributed by atoms with van der Waals surface area (Å²) in [6, 6.07) is 10.2. The summed E-state index contributed by atoms with van der Waals surface area (Å²) in [4.78, 5) is 24.5. The van der Waals surface area contributed by atoms with Crippen LogP contribution in [0.1, 0.15) is 18.9 Å². The third-order valence-electron chi connectivity index (χ3n) is 4.89. The molecule has 3 rings (SSSR count). The van der Waals surface area contributed by atoms with E-state index in [0.717, 1.165) is 15.0 Å². The Labute approximate surface area is 190 Å². The van der Waals surface area contributed by atoms with Crippen LogP contribution in [-0.4, -0.2) is 53.6 Å². The summed E-state index contributed by atoms with van der Waals surface area (Å²) in [5, 5.41) is 13.3. The number of hydrogen-bond donors (Lipinski definition) is 2. The van der Waals surface area contributed by atoms with Crippen LogP contribution in [0.3, 0.4) is 0 Å². The van der Waals surface area contributed by atoms with Gasteiger partial charge < -0.3 is 10.4 Å². The minimum atomic E-state index is -4.14. The van der Waals surface area contributed by atoms with E-state index in [9.17, 15) is 23.1 Å². The second kappa shape index (κ2) is 9.44. The minimum absolute atomic E-state index is 0.0531. The molecule has 0 radical (unpaired) electrons. The number of carbonyl (C=O) groups is 2. The number of benzene rings is 2. The third kappa shape index (κ3) is 5.30. The number of urea groups is 1. The Balaban J connectivity index is 1.85. The summed E-state index contributed by atoms with van der Waals surface area (Å²) in [5.74, 6) is -1.22. The highest BCUT2D eigenvalue weighted by Gasteiger charge is 2.42. The van der Waals surface area contributed by atoms with Crippen LogP contribution >= 0.6 is 23.2 Å². The zero-order chi connectivity index (χ0) is 22.8. The molecule has 2 amide bonds. The Hall–Kier alpha value is -2.33. The van der Waals surface area contributed by atoms with Gasteiger partial charge >= 0.3 is 12.0 Å². The smallest absolute Gasteiger partial charge is 0.333 e. The fraction of sp³-hybridized carbons (Fsp3) is 0.300. The topological polar surface area (TPSA) is 107 Å². The van der Waals surface area contributed by atoms with Crippen molar-refractivity contribution in [2.45, 2.75) is 36.7 Å². The molecule has 0 aliphatic carbocycles. The van der Waals surface area contributed by atoms with E-state index >= 15 is 0 Å². The van der Waals surface area contributed by atoms with E-state index < -0.39 is 34.1 Å². The first-order valence-corrected chi connectivity index (χ1v) is 11.6. The van der Waals surface area contributed by atoms with Gasteiger partial charge in [-0.2, -0.15) is 0 Å². The van der Waals surface area contributed by atoms with Crippen LogP contribution in [0.25, 0.3) is 0 Å². The van der Waals surface area contributed by atoms with Crippen LogP contribution in [0, 0.1) is 0 Å². The molecule has 1 saturated heterocycles. The van der Waals surface area contributed by atoms with Gasteiger partial charge in [0.15, 0.2) is 0 Å². The molecule has 11 heteroatoms. The number of sulfonamides is 1. The highest BCUT2D eigenvalue weighted by molar-refractivity contribution is 7.89. The monoisotopic (exact) mass is 485 g/mol. The maximum absolute atomic E-state index is 13.2. The average Bonchev–Trinajstić information content (AvgIpc) is 3.09. The molecule has 1 aliphatic heterocycles. The normalized spacial score (nSPS) is 18.0. The molecule has 0 aromatic heterocycles. The summed E-state index contributed by atoms with van der Waals surface area (Å²) < 4.78 is 27.3. The Morgan fingerprint density at radius 3 is 2.35 bits per heavy atom. The van der Waals surface area contributed by atoms with E-state index in [2.05, 4.69) is 5.32 Å². The molecule has 2 atom stereocenters. The van der Waals surface area contributed by atoms with Crippen molar-refractivity contribution in [2.75, 3.05) is 6.54 Å². The molecule has 1 heterocycles. The van der Waals surface area contributed by atoms with E-state index in [0.29, 0.717) is 6.42 Å². The number of halogens is 2. The molecule has 1 fully saturated rings. The van der Waals surface area contributed by atoms with Crippen LogP contribution in [-0.2, 0) is 21.2 Å². The minimum Gasteiger partial charge on any atom is -0.480 e. The number of rotatable bonds is 6. The number of carboxylic acids is 1. The fourth-order valence-electron chi connectivity index (χ4n) is 3.35. The molecular weight excluding hydrogens is 465 g/mol. The number of amides is 2. The van der Waals surface area contributed by atoms with Gasteiger partial charge in [-0.3, -0.25) is 0 Å². The molecule has 0 unspecified atom stereocenters. The SMILES string of the molecule is C[C@@H]1CCN(S(=O)(=O)c2cc(Cl)cc(Cl)c2)N1C(=O)N[C@@H](Cc1ccccc1)C(=O)O. The Morgan fingerprint density at radius 2 is 1.77 bits per heavy atom. The summed E-state index contributed by atoms with van der Waals surface area (Å²) in [5.41, 5.74) is 0.725. The highest BCUT2D eigenvalue weighted by Crippen LogP contribution is 2.30. The van der Waals surface area contributed by atoms with Crippen molar-refractivity contribution in [3.05, 3.63) is 64.1 Å². The van der Waals surface area contributed by atoms with Gasteiger partial charge in [0.2, 0.25) is 0 Å². The number of aliphatic carboxylic acids is 1. The maximum atomic E-state index is 13.2. The maximum Gasteiger partial charge on any atom is 0.333 e. The molecule has 0 spiro atoms. The molecule has 2 aromatic carbocycles. The van der Waals surface area contributed by atoms with Crippen molar-refractivity contribution in [1.29, 1.82) is 0 Å². The number of carbonyl (C=O) groups excluding carboxylic acids is 1. The lowest BCUT2D eigenvalue weighted by Crippen LogP contribution is -2.55. The summed E-state index contributed by atoms with van der Waals surface area (Å²) in [6.45, 7) is 1.74. The predicted molar refractivity (Wildman–Crippen MR) is 116 cm³/mol. The van der Waals surface area contributed by atoms with E-state index in [1.54, 1.807) is 37.3 Å². The Kier molecular flexibility index (Phi) is 7.10. The van der Waals surface area contributed by atoms with Gasteiger partial charge in [0.25, 0.3) is 10.0 Å². The lowest BCUT2D eigenvalue weighted by molar-refractivity contribution is -0.139. The van der Waals surface area contributed by atoms with E-state index in [1.165, 1.54) is 18.2 Å². The first-order chi connectivity index (χ1) is 14.6. The van der Waals surface area contributed by atoms with E-state index in [-0.39, 0.29) is 27.9 Å². The molecule has 31 heavy (non-hydrogen) atoms. The fourth-order valence-corrected chi connectivity index (χ4v) is 5.61. The number of hydrazine groups is 1. The van der Waals surface area contributed by atoms with Crippen LogP contribution in [0.2, 0.25) is 10.0 Å². The first kappa shape index (κ1) is 23.3. The number of nitrogens with one attached hydrogen (secondary N) is 1. The van der Waals surface area contributed by atoms with Crippen LogP contribution in [0.4, 0.5) is 4.79 Å². The van der Waals surface area contributed by atoms with E-state index in [4.69, 9.17) is 23.2 Å². The number of nitrogens with zero attached hydrogens (tertiary/aromatic N) is 2. The molecule has 2 aromatic rings. The van der Waals surface area contributed by atoms with Gasteiger partial charge in [-0.25, -0.2) is 23.0 Å². The molecule has 0 saturated carbocycles. The zero-order valence-corrected chi connectivity index (χ0v) is 18.9. The molecule has 1 aliphatic rings. The standard InChI is InChI=1S/C20H21Cl2N3O5S/c1-13-7-8-24(31(29,30)17-11-15(21)10-16(22)12-17)25(13)20(28)23-18(19(26)27)9-14-5-3-2-4-6-14/h2-6,10-13,18H,7-9H2,1H3,(H,23,28)(H,26,27)/t13-,18+/m1/s1. The molecule has 2 N–H and O–H groups in total. The van der Waals surface area contributed by atoms with Gasteiger partial charge in [-0.05, 0) is 37.1 Å². The summed E-state index contributed by atoms with van der Waals surface area (Å²) >= 11 is 11.9. The van der Waals surface area contributed by atoms with Gasteiger partial charge in [0.05, 0.1) is 4.90 Å². The second-order valence-corrected chi connectivity index (χ2v) is 9.88. The van der Waals surface area contributed by atoms with Crippen molar-refractivity contribution >= 4 is 45.2 Å². The second-order valence-electron chi connectivity index (χ2n) is 7.17. The third-order valence-corrected chi connectivity index (χ3v) is 7.08. The number of hydrogen-bond acceptors (Lipinski definition) is 4. The Morgan fingerprint density at radius 1 is 1.16 bits per heavy atom. The van der Waals surface area contributed by atoms with Gasteiger partial charge in [0, 0.05) is 29.1 Å². The zero-order valence-electron chi connectivity index (χ0n) is 16.5. The highest BCUT2D eigenvalue weighted by atomic mass is 35.5. The lowest BCUT2D eigenvalue weighted by atomic mass is 10.1. The van der Waals surface area contributed by atoms with Gasteiger partial charge in [0.1, 0.15) is 6.04 Å². The molecule has 8 nitrogen and oxygen atoms in total. The molecule has 0 bridgehead atoms. The van der Waals surface area contributed by atoms with Crippen molar-refractivity contribution in [3.8, 4) is 0 Å². The van der Waals surface area contributed by atoms with Crippen molar-refractivity contribution in [1.82, 2.24) is 14.7 Å². The van der Waals surface area contributed by atoms with Crippen LogP contribution in [0.15, 0.2) is 53.4 Å².